The standard InChI is InChI=1S/C11H16N6.C4H4O4/c1-13-11(17-9-12)16-7-6-14-8-10-4-2-3-5-15-10;5-3(6)1-2-4(7)8/h2-5,14H,6-8H2,1H3,(H2,13,16,17);1-2H,(H,5,6)(H,7,8)/b;2-1+. The molecule has 10 nitrogen and oxygen atoms in total. The maximum Gasteiger partial charge on any atom is 0.328 e. The first kappa shape index (κ1) is 21.6. The lowest BCUT2D eigenvalue weighted by molar-refractivity contribution is -0.669. The van der Waals surface area contributed by atoms with E-state index in [0.29, 0.717) is 18.1 Å². The molecule has 1 rings (SSSR count). The third-order valence-corrected chi connectivity index (χ3v) is 2.48. The Balaban J connectivity index is 0.000000609. The van der Waals surface area contributed by atoms with Crippen molar-refractivity contribution in [2.75, 3.05) is 20.1 Å². The number of carboxylic acid groups (broad SMARTS) is 2. The van der Waals surface area contributed by atoms with Crippen LogP contribution in [0.25, 0.3) is 0 Å². The number of carboxylic acids is 2. The highest BCUT2D eigenvalue weighted by Crippen LogP contribution is 1.88. The lowest BCUT2D eigenvalue weighted by Gasteiger charge is -2.05. The fraction of sp³-hybridized carbons (Fsp3) is 0.267. The quantitative estimate of drug-likeness (QED) is 0.102. The van der Waals surface area contributed by atoms with Gasteiger partial charge in [0.25, 0.3) is 0 Å². The lowest BCUT2D eigenvalue weighted by atomic mass is 10.3. The number of guanidine groups is 1. The molecule has 0 aliphatic rings. The minimum Gasteiger partial charge on any atom is -0.545 e. The monoisotopic (exact) mass is 348 g/mol. The third-order valence-electron chi connectivity index (χ3n) is 2.48. The van der Waals surface area contributed by atoms with Gasteiger partial charge in [-0.25, -0.2) is 4.79 Å². The molecule has 1 heterocycles. The first-order valence-electron chi connectivity index (χ1n) is 7.19. The molecule has 0 unspecified atom stereocenters. The number of carbonyl (C=O) groups is 2. The summed E-state index contributed by atoms with van der Waals surface area (Å²) in [6.45, 7) is 2.49. The predicted octanol–water partition coefficient (Wildman–Crippen LogP) is -2.83. The molecular weight excluding hydrogens is 328 g/mol. The number of aliphatic imine (C=N–C) groups is 1. The molecule has 0 bridgehead atoms. The Kier molecular flexibility index (Phi) is 12.2. The second kappa shape index (κ2) is 14.2. The van der Waals surface area contributed by atoms with Gasteiger partial charge >= 0.3 is 5.97 Å². The fourth-order valence-corrected chi connectivity index (χ4v) is 1.43. The van der Waals surface area contributed by atoms with E-state index in [0.717, 1.165) is 25.3 Å². The van der Waals surface area contributed by atoms with Crippen molar-refractivity contribution in [3.8, 4) is 6.19 Å². The minimum atomic E-state index is -1.51. The molecule has 1 aromatic heterocycles. The van der Waals surface area contributed by atoms with Gasteiger partial charge in [-0.3, -0.25) is 15.3 Å². The van der Waals surface area contributed by atoms with Gasteiger partial charge in [0.2, 0.25) is 5.96 Å². The number of nitriles is 1. The number of carbonyl (C=O) groups excluding carboxylic acids is 1. The molecule has 0 spiro atoms. The van der Waals surface area contributed by atoms with Crippen molar-refractivity contribution in [3.63, 3.8) is 0 Å². The van der Waals surface area contributed by atoms with Crippen LogP contribution in [0.2, 0.25) is 0 Å². The maximum absolute atomic E-state index is 9.53. The van der Waals surface area contributed by atoms with Crippen molar-refractivity contribution in [3.05, 3.63) is 42.2 Å². The number of nitrogens with one attached hydrogen (secondary N) is 2. The number of hydrogen-bond donors (Lipinski definition) is 4. The molecule has 0 amide bonds. The average Bonchev–Trinajstić information content (AvgIpc) is 2.60. The van der Waals surface area contributed by atoms with Gasteiger partial charge in [-0.05, 0) is 18.2 Å². The highest BCUT2D eigenvalue weighted by Gasteiger charge is 1.97. The largest absolute Gasteiger partial charge is 0.545 e. The van der Waals surface area contributed by atoms with E-state index in [1.54, 1.807) is 13.2 Å². The van der Waals surface area contributed by atoms with Crippen LogP contribution in [0.3, 0.4) is 0 Å². The second-order valence-corrected chi connectivity index (χ2v) is 4.33. The molecule has 0 radical (unpaired) electrons. The first-order chi connectivity index (χ1) is 12.0. The number of aromatic nitrogens is 1. The Labute approximate surface area is 144 Å². The molecule has 0 aliphatic carbocycles. The van der Waals surface area contributed by atoms with Crippen LogP contribution >= 0.6 is 0 Å². The van der Waals surface area contributed by atoms with E-state index in [2.05, 4.69) is 25.9 Å². The van der Waals surface area contributed by atoms with Crippen molar-refractivity contribution in [2.45, 2.75) is 6.54 Å². The zero-order valence-corrected chi connectivity index (χ0v) is 13.7. The molecule has 0 fully saturated rings. The van der Waals surface area contributed by atoms with Gasteiger partial charge in [0.15, 0.2) is 6.19 Å². The molecule has 10 heteroatoms. The molecule has 0 aromatic carbocycles. The van der Waals surface area contributed by atoms with Crippen LogP contribution in [0.4, 0.5) is 0 Å². The van der Waals surface area contributed by atoms with Crippen molar-refractivity contribution in [2.24, 2.45) is 4.99 Å². The summed E-state index contributed by atoms with van der Waals surface area (Å²) in [6, 6.07) is 5.88. The summed E-state index contributed by atoms with van der Waals surface area (Å²) in [5.41, 5.74) is 1.06. The summed E-state index contributed by atoms with van der Waals surface area (Å²) in [7, 11) is 1.63. The zero-order chi connectivity index (χ0) is 18.9. The topological polar surface area (TPSA) is 167 Å². The second-order valence-electron chi connectivity index (χ2n) is 4.33. The van der Waals surface area contributed by atoms with Gasteiger partial charge in [-0.15, -0.1) is 0 Å². The van der Waals surface area contributed by atoms with Crippen LogP contribution in [0.5, 0.6) is 0 Å². The summed E-state index contributed by atoms with van der Waals surface area (Å²) in [5, 5.41) is 33.3. The molecule has 0 atom stereocenters. The number of pyridine rings is 1. The first-order valence-corrected chi connectivity index (χ1v) is 7.19. The number of nitrogens with two attached hydrogens (primary N) is 1. The highest BCUT2D eigenvalue weighted by molar-refractivity contribution is 5.88. The molecule has 0 saturated carbocycles. The van der Waals surface area contributed by atoms with Crippen molar-refractivity contribution < 1.29 is 25.1 Å². The van der Waals surface area contributed by atoms with Crippen LogP contribution in [-0.2, 0) is 16.1 Å². The van der Waals surface area contributed by atoms with Crippen LogP contribution < -0.4 is 21.1 Å². The number of rotatable bonds is 7. The van der Waals surface area contributed by atoms with Gasteiger partial charge in [-0.1, -0.05) is 6.07 Å². The molecule has 5 N–H and O–H groups in total. The molecule has 0 saturated heterocycles. The Morgan fingerprint density at radius 1 is 1.48 bits per heavy atom. The van der Waals surface area contributed by atoms with Crippen molar-refractivity contribution in [1.82, 2.24) is 15.6 Å². The molecule has 1 aromatic rings. The van der Waals surface area contributed by atoms with E-state index in [-0.39, 0.29) is 0 Å². The average molecular weight is 348 g/mol. The van der Waals surface area contributed by atoms with Gasteiger partial charge in [0.1, 0.15) is 6.54 Å². The number of quaternary nitrogens is 1. The number of aliphatic carboxylic acids is 2. The van der Waals surface area contributed by atoms with E-state index in [4.69, 9.17) is 10.4 Å². The van der Waals surface area contributed by atoms with Gasteiger partial charge < -0.3 is 25.6 Å². The number of nitrogens with zero attached hydrogens (tertiary/aromatic N) is 3. The summed E-state index contributed by atoms with van der Waals surface area (Å²) in [6.07, 6.45) is 4.56. The maximum atomic E-state index is 9.53. The summed E-state index contributed by atoms with van der Waals surface area (Å²) < 4.78 is 0. The minimum absolute atomic E-state index is 0.447. The van der Waals surface area contributed by atoms with E-state index in [9.17, 15) is 14.7 Å². The summed E-state index contributed by atoms with van der Waals surface area (Å²) in [4.78, 5) is 27.1. The predicted molar refractivity (Wildman–Crippen MR) is 86.6 cm³/mol. The van der Waals surface area contributed by atoms with E-state index < -0.39 is 11.9 Å². The van der Waals surface area contributed by atoms with Crippen molar-refractivity contribution >= 4 is 17.9 Å². The highest BCUT2D eigenvalue weighted by atomic mass is 16.4. The van der Waals surface area contributed by atoms with E-state index >= 15 is 0 Å². The zero-order valence-electron chi connectivity index (χ0n) is 13.7. The molecular formula is C15H20N6O4. The van der Waals surface area contributed by atoms with Crippen LogP contribution in [-0.4, -0.2) is 48.1 Å². The van der Waals surface area contributed by atoms with Crippen LogP contribution in [0.15, 0.2) is 41.5 Å². The van der Waals surface area contributed by atoms with Crippen molar-refractivity contribution in [1.29, 1.82) is 5.26 Å². The Morgan fingerprint density at radius 2 is 2.24 bits per heavy atom. The van der Waals surface area contributed by atoms with E-state index in [1.165, 1.54) is 0 Å². The lowest BCUT2D eigenvalue weighted by Crippen LogP contribution is -2.84. The molecule has 134 valence electrons. The Morgan fingerprint density at radius 3 is 2.72 bits per heavy atom. The SMILES string of the molecule is CN=C(NC#N)NCC[NH2+]Cc1ccccn1.O=C([O-])/C=C/C(=O)O. The molecule has 0 aliphatic heterocycles. The summed E-state index contributed by atoms with van der Waals surface area (Å²) >= 11 is 0. The molecule has 25 heavy (non-hydrogen) atoms. The normalized spacial score (nSPS) is 10.3. The summed E-state index contributed by atoms with van der Waals surface area (Å²) in [5.74, 6) is -2.31. The van der Waals surface area contributed by atoms with Gasteiger partial charge in [0.05, 0.1) is 24.8 Å². The Bertz CT molecular complexity index is 609. The smallest absolute Gasteiger partial charge is 0.328 e. The van der Waals surface area contributed by atoms with Crippen LogP contribution in [0.1, 0.15) is 5.69 Å². The fourth-order valence-electron chi connectivity index (χ4n) is 1.43. The van der Waals surface area contributed by atoms with Gasteiger partial charge in [0, 0.05) is 19.3 Å². The van der Waals surface area contributed by atoms with E-state index in [1.807, 2.05) is 24.4 Å². The van der Waals surface area contributed by atoms with Gasteiger partial charge in [-0.2, -0.15) is 5.26 Å². The number of hydrogen-bond acceptors (Lipinski definition) is 6. The third kappa shape index (κ3) is 13.9. The van der Waals surface area contributed by atoms with Crippen LogP contribution in [0, 0.1) is 11.5 Å². The Hall–Kier alpha value is -3.45.